The van der Waals surface area contributed by atoms with E-state index in [0.29, 0.717) is 12.8 Å². The smallest absolute Gasteiger partial charge is 0.220 e. The molecule has 0 aliphatic carbocycles. The molecular formula is C79H151NO13. The molecule has 93 heavy (non-hydrogen) atoms. The molecular weight excluding hydrogens is 1170 g/mol. The zero-order chi connectivity index (χ0) is 67.3. The van der Waals surface area contributed by atoms with E-state index in [-0.39, 0.29) is 18.9 Å². The summed E-state index contributed by atoms with van der Waals surface area (Å²) in [6.07, 6.45) is 65.7. The molecule has 14 heteroatoms. The molecule has 0 aromatic rings. The molecule has 12 unspecified atom stereocenters. The third-order valence-corrected chi connectivity index (χ3v) is 19.9. The SMILES string of the molecule is CCCCCCCCCCCCCCCCCC/C=C/CC/C=C/C(O)C(COC1OC(CO)C(OC2OC(CO)C(O)C(O)C2O)C(O)C1O)NC(=O)CCCCCCCCCCCCCCCCCCCCCCCCCCCCCCCCCCCCCCC. The van der Waals surface area contributed by atoms with Crippen LogP contribution in [0.1, 0.15) is 380 Å². The highest BCUT2D eigenvalue weighted by atomic mass is 16.7. The lowest BCUT2D eigenvalue weighted by Crippen LogP contribution is -2.65. The Morgan fingerprint density at radius 3 is 1.05 bits per heavy atom. The number of ether oxygens (including phenoxy) is 4. The lowest BCUT2D eigenvalue weighted by atomic mass is 9.97. The molecule has 2 rings (SSSR count). The van der Waals surface area contributed by atoms with Crippen LogP contribution < -0.4 is 5.32 Å². The third-order valence-electron chi connectivity index (χ3n) is 19.9. The molecule has 2 aliphatic heterocycles. The van der Waals surface area contributed by atoms with E-state index in [1.54, 1.807) is 6.08 Å². The predicted octanol–water partition coefficient (Wildman–Crippen LogP) is 17.9. The molecule has 9 N–H and O–H groups in total. The van der Waals surface area contributed by atoms with Gasteiger partial charge in [0.05, 0.1) is 32.0 Å². The number of allylic oxidation sites excluding steroid dienone is 3. The highest BCUT2D eigenvalue weighted by Gasteiger charge is 2.51. The van der Waals surface area contributed by atoms with Crippen molar-refractivity contribution in [3.05, 3.63) is 24.3 Å². The minimum absolute atomic E-state index is 0.240. The van der Waals surface area contributed by atoms with Crippen molar-refractivity contribution in [1.82, 2.24) is 5.32 Å². The van der Waals surface area contributed by atoms with Crippen LogP contribution in [0.15, 0.2) is 24.3 Å². The Morgan fingerprint density at radius 2 is 0.688 bits per heavy atom. The Labute approximate surface area is 570 Å². The van der Waals surface area contributed by atoms with Gasteiger partial charge in [0, 0.05) is 6.42 Å². The number of carbonyl (C=O) groups is 1. The second-order valence-electron chi connectivity index (χ2n) is 28.5. The van der Waals surface area contributed by atoms with E-state index >= 15 is 0 Å². The molecule has 0 saturated carbocycles. The summed E-state index contributed by atoms with van der Waals surface area (Å²) >= 11 is 0. The van der Waals surface area contributed by atoms with Gasteiger partial charge in [-0.3, -0.25) is 4.79 Å². The van der Waals surface area contributed by atoms with Crippen LogP contribution in [0.3, 0.4) is 0 Å². The van der Waals surface area contributed by atoms with Crippen molar-refractivity contribution in [3.8, 4) is 0 Å². The van der Waals surface area contributed by atoms with Gasteiger partial charge in [-0.15, -0.1) is 0 Å². The van der Waals surface area contributed by atoms with Gasteiger partial charge in [-0.1, -0.05) is 366 Å². The molecule has 14 nitrogen and oxygen atoms in total. The largest absolute Gasteiger partial charge is 0.394 e. The Hall–Kier alpha value is -1.53. The van der Waals surface area contributed by atoms with Crippen LogP contribution in [-0.4, -0.2) is 140 Å². The van der Waals surface area contributed by atoms with Crippen LogP contribution in [0.25, 0.3) is 0 Å². The van der Waals surface area contributed by atoms with Crippen LogP contribution in [0.5, 0.6) is 0 Å². The zero-order valence-corrected chi connectivity index (χ0v) is 60.3. The Morgan fingerprint density at radius 1 is 0.376 bits per heavy atom. The van der Waals surface area contributed by atoms with Crippen molar-refractivity contribution in [2.45, 2.75) is 453 Å². The number of unbranched alkanes of at least 4 members (excludes halogenated alkanes) is 53. The van der Waals surface area contributed by atoms with Crippen LogP contribution in [-0.2, 0) is 23.7 Å². The number of aliphatic hydroxyl groups excluding tert-OH is 8. The van der Waals surface area contributed by atoms with Crippen LogP contribution in [0.4, 0.5) is 0 Å². The first-order valence-corrected chi connectivity index (χ1v) is 40.1. The van der Waals surface area contributed by atoms with Gasteiger partial charge in [0.1, 0.15) is 48.8 Å². The highest BCUT2D eigenvalue weighted by molar-refractivity contribution is 5.76. The standard InChI is InChI=1S/C79H151NO13/c1-3-5-7-9-11-13-15-17-19-21-23-25-27-28-29-30-31-32-33-34-35-36-37-38-39-40-41-43-45-47-49-51-53-55-57-59-61-63-71(84)80-67(66-90-78-76(89)74(87)77(70(65-82)92-78)93-79-75(88)73(86)72(85)69(64-81)91-79)68(83)62-60-58-56-54-52-50-48-46-44-42-26-24-22-20-18-16-14-12-10-8-6-4-2/h52,54,60,62,67-70,72-79,81-83,85-89H,3-51,53,55-59,61,63-66H2,1-2H3,(H,80,84)/b54-52+,62-60+. The molecule has 2 heterocycles. The van der Waals surface area contributed by atoms with E-state index < -0.39 is 86.8 Å². The number of carbonyl (C=O) groups excluding carboxylic acids is 1. The molecule has 1 amide bonds. The van der Waals surface area contributed by atoms with Crippen molar-refractivity contribution in [2.75, 3.05) is 19.8 Å². The predicted molar refractivity (Wildman–Crippen MR) is 383 cm³/mol. The van der Waals surface area contributed by atoms with Gasteiger partial charge in [-0.05, 0) is 32.1 Å². The summed E-state index contributed by atoms with van der Waals surface area (Å²) in [5, 5.41) is 87.6. The number of rotatable bonds is 68. The Balaban J connectivity index is 1.59. The molecule has 12 atom stereocenters. The number of nitrogens with one attached hydrogen (secondary N) is 1. The first kappa shape index (κ1) is 87.6. The second kappa shape index (κ2) is 63.9. The van der Waals surface area contributed by atoms with Gasteiger partial charge in [0.15, 0.2) is 12.6 Å². The second-order valence-corrected chi connectivity index (χ2v) is 28.5. The molecule has 0 aromatic carbocycles. The summed E-state index contributed by atoms with van der Waals surface area (Å²) in [6.45, 7) is 2.85. The van der Waals surface area contributed by atoms with Gasteiger partial charge in [0.25, 0.3) is 0 Å². The molecule has 0 aromatic heterocycles. The molecule has 0 radical (unpaired) electrons. The van der Waals surface area contributed by atoms with E-state index in [9.17, 15) is 45.6 Å². The molecule has 2 fully saturated rings. The monoisotopic (exact) mass is 1320 g/mol. The summed E-state index contributed by atoms with van der Waals surface area (Å²) in [5.41, 5.74) is 0. The summed E-state index contributed by atoms with van der Waals surface area (Å²) in [6, 6.07) is -0.930. The Bertz CT molecular complexity index is 1650. The topological polar surface area (TPSA) is 228 Å². The maximum Gasteiger partial charge on any atom is 0.220 e. The first-order chi connectivity index (χ1) is 45.6. The summed E-state index contributed by atoms with van der Waals surface area (Å²) in [4.78, 5) is 13.4. The van der Waals surface area contributed by atoms with Gasteiger partial charge in [0.2, 0.25) is 5.91 Å². The molecule has 0 spiro atoms. The molecule has 550 valence electrons. The summed E-state index contributed by atoms with van der Waals surface area (Å²) < 4.78 is 22.9. The summed E-state index contributed by atoms with van der Waals surface area (Å²) in [5.74, 6) is -0.240. The van der Waals surface area contributed by atoms with E-state index in [1.165, 1.54) is 315 Å². The van der Waals surface area contributed by atoms with Crippen molar-refractivity contribution >= 4 is 5.91 Å². The van der Waals surface area contributed by atoms with Crippen LogP contribution in [0, 0.1) is 0 Å². The minimum Gasteiger partial charge on any atom is -0.394 e. The third kappa shape index (κ3) is 47.2. The zero-order valence-electron chi connectivity index (χ0n) is 60.3. The van der Waals surface area contributed by atoms with Crippen LogP contribution in [0.2, 0.25) is 0 Å². The highest BCUT2D eigenvalue weighted by Crippen LogP contribution is 2.30. The number of hydrogen-bond donors (Lipinski definition) is 9. The van der Waals surface area contributed by atoms with E-state index in [2.05, 4.69) is 31.3 Å². The van der Waals surface area contributed by atoms with Gasteiger partial charge in [-0.25, -0.2) is 0 Å². The molecule has 0 bridgehead atoms. The lowest BCUT2D eigenvalue weighted by molar-refractivity contribution is -0.359. The fourth-order valence-electron chi connectivity index (χ4n) is 13.6. The molecule has 2 saturated heterocycles. The normalized spacial score (nSPS) is 22.6. The Kier molecular flexibility index (Phi) is 60.1. The lowest BCUT2D eigenvalue weighted by Gasteiger charge is -2.46. The maximum atomic E-state index is 13.4. The van der Waals surface area contributed by atoms with Crippen LogP contribution >= 0.6 is 0 Å². The summed E-state index contributed by atoms with van der Waals surface area (Å²) in [7, 11) is 0. The van der Waals surface area contributed by atoms with Gasteiger partial charge in [-0.2, -0.15) is 0 Å². The fourth-order valence-corrected chi connectivity index (χ4v) is 13.6. The van der Waals surface area contributed by atoms with Gasteiger partial charge >= 0.3 is 0 Å². The average Bonchev–Trinajstić information content (AvgIpc) is 0.842. The van der Waals surface area contributed by atoms with Crippen molar-refractivity contribution in [2.24, 2.45) is 0 Å². The quantitative estimate of drug-likeness (QED) is 0.0204. The number of amides is 1. The van der Waals surface area contributed by atoms with E-state index in [4.69, 9.17) is 18.9 Å². The number of hydrogen-bond acceptors (Lipinski definition) is 13. The first-order valence-electron chi connectivity index (χ1n) is 40.1. The van der Waals surface area contributed by atoms with Crippen molar-refractivity contribution in [1.29, 1.82) is 0 Å². The molecule has 2 aliphatic rings. The van der Waals surface area contributed by atoms with Crippen molar-refractivity contribution < 1.29 is 64.6 Å². The maximum absolute atomic E-state index is 13.4. The average molecular weight is 1320 g/mol. The van der Waals surface area contributed by atoms with Gasteiger partial charge < -0.3 is 65.1 Å². The number of aliphatic hydroxyl groups is 8. The van der Waals surface area contributed by atoms with E-state index in [0.717, 1.165) is 32.1 Å². The van der Waals surface area contributed by atoms with E-state index in [1.807, 2.05) is 6.08 Å². The fraction of sp³-hybridized carbons (Fsp3) is 0.937. The van der Waals surface area contributed by atoms with Crippen molar-refractivity contribution in [3.63, 3.8) is 0 Å². The minimum atomic E-state index is -1.79.